The summed E-state index contributed by atoms with van der Waals surface area (Å²) >= 11 is 0. The highest BCUT2D eigenvalue weighted by Crippen LogP contribution is 2.32. The third-order valence-electron chi connectivity index (χ3n) is 4.31. The summed E-state index contributed by atoms with van der Waals surface area (Å²) in [6.45, 7) is -0.000818. The van der Waals surface area contributed by atoms with Crippen molar-refractivity contribution in [2.24, 2.45) is 0 Å². The molecule has 1 aliphatic carbocycles. The van der Waals surface area contributed by atoms with Crippen LogP contribution in [-0.2, 0) is 12.7 Å². The molecule has 1 saturated carbocycles. The van der Waals surface area contributed by atoms with E-state index in [4.69, 9.17) is 0 Å². The van der Waals surface area contributed by atoms with E-state index in [0.717, 1.165) is 12.5 Å². The molecule has 0 bridgehead atoms. The third-order valence-corrected chi connectivity index (χ3v) is 4.31. The molecule has 10 heteroatoms. The number of aromatic nitrogens is 3. The van der Waals surface area contributed by atoms with Crippen LogP contribution in [0.15, 0.2) is 24.4 Å². The minimum absolute atomic E-state index is 0.0221. The Morgan fingerprint density at radius 1 is 1.35 bits per heavy atom. The van der Waals surface area contributed by atoms with Crippen LogP contribution in [-0.4, -0.2) is 38.2 Å². The number of hydrogen-bond acceptors (Lipinski definition) is 4. The van der Waals surface area contributed by atoms with Crippen LogP contribution in [0.5, 0.6) is 0 Å². The van der Waals surface area contributed by atoms with Gasteiger partial charge in [-0.1, -0.05) is 11.3 Å². The van der Waals surface area contributed by atoms with Crippen molar-refractivity contribution in [1.29, 1.82) is 0 Å². The van der Waals surface area contributed by atoms with Gasteiger partial charge in [0.25, 0.3) is 5.91 Å². The number of alkyl halides is 3. The van der Waals surface area contributed by atoms with Crippen molar-refractivity contribution in [3.63, 3.8) is 0 Å². The van der Waals surface area contributed by atoms with Gasteiger partial charge in [0.1, 0.15) is 5.82 Å². The molecule has 1 amide bonds. The summed E-state index contributed by atoms with van der Waals surface area (Å²) < 4.78 is 52.7. The van der Waals surface area contributed by atoms with Crippen LogP contribution >= 0.6 is 0 Å². The molecule has 140 valence electrons. The van der Waals surface area contributed by atoms with Crippen molar-refractivity contribution in [2.75, 3.05) is 6.54 Å². The number of carbonyl (C=O) groups excluding carboxylic acids is 1. The van der Waals surface area contributed by atoms with Gasteiger partial charge >= 0.3 is 6.18 Å². The van der Waals surface area contributed by atoms with Gasteiger partial charge in [-0.15, -0.1) is 5.10 Å². The fourth-order valence-corrected chi connectivity index (χ4v) is 2.65. The van der Waals surface area contributed by atoms with Crippen LogP contribution in [0.25, 0.3) is 0 Å². The van der Waals surface area contributed by atoms with E-state index in [1.807, 2.05) is 0 Å². The Morgan fingerprint density at radius 2 is 2.08 bits per heavy atom. The zero-order chi connectivity index (χ0) is 18.9. The van der Waals surface area contributed by atoms with E-state index < -0.39 is 29.1 Å². The molecule has 6 nitrogen and oxygen atoms in total. The lowest BCUT2D eigenvalue weighted by Gasteiger charge is -2.36. The highest BCUT2D eigenvalue weighted by atomic mass is 19.4. The lowest BCUT2D eigenvalue weighted by molar-refractivity contribution is -0.140. The molecule has 1 aromatic carbocycles. The molecule has 2 N–H and O–H groups in total. The van der Waals surface area contributed by atoms with Gasteiger partial charge in [0, 0.05) is 6.54 Å². The summed E-state index contributed by atoms with van der Waals surface area (Å²) in [5, 5.41) is 19.9. The molecule has 3 rings (SSSR count). The number of amides is 1. The summed E-state index contributed by atoms with van der Waals surface area (Å²) in [7, 11) is 0. The maximum Gasteiger partial charge on any atom is 0.419 e. The number of nitrogens with zero attached hydrogens (tertiary/aromatic N) is 3. The molecule has 0 atom stereocenters. The average molecular weight is 372 g/mol. The lowest BCUT2D eigenvalue weighted by atomic mass is 9.80. The minimum Gasteiger partial charge on any atom is -0.388 e. The quantitative estimate of drug-likeness (QED) is 0.788. The van der Waals surface area contributed by atoms with Gasteiger partial charge in [-0.2, -0.15) is 13.2 Å². The number of benzene rings is 1. The molecule has 1 aliphatic rings. The topological polar surface area (TPSA) is 80.0 Å². The first-order chi connectivity index (χ1) is 12.2. The van der Waals surface area contributed by atoms with Crippen molar-refractivity contribution in [3.05, 3.63) is 47.0 Å². The fourth-order valence-electron chi connectivity index (χ4n) is 2.65. The number of hydrogen-bond donors (Lipinski definition) is 2. The first kappa shape index (κ1) is 18.3. The van der Waals surface area contributed by atoms with E-state index in [-0.39, 0.29) is 24.3 Å². The van der Waals surface area contributed by atoms with E-state index in [1.165, 1.54) is 16.9 Å². The second kappa shape index (κ2) is 6.67. The maximum absolute atomic E-state index is 13.3. The molecule has 26 heavy (non-hydrogen) atoms. The molecule has 2 aromatic rings. The summed E-state index contributed by atoms with van der Waals surface area (Å²) in [6.07, 6.45) is -1.38. The Hall–Kier alpha value is -2.49. The van der Waals surface area contributed by atoms with Crippen LogP contribution in [0.2, 0.25) is 0 Å². The predicted octanol–water partition coefficient (Wildman–Crippen LogP) is 2.13. The van der Waals surface area contributed by atoms with Gasteiger partial charge in [0.2, 0.25) is 0 Å². The van der Waals surface area contributed by atoms with E-state index in [0.29, 0.717) is 18.9 Å². The van der Waals surface area contributed by atoms with E-state index in [9.17, 15) is 27.5 Å². The molecular weight excluding hydrogens is 356 g/mol. The first-order valence-electron chi connectivity index (χ1n) is 7.93. The molecule has 0 radical (unpaired) electrons. The van der Waals surface area contributed by atoms with E-state index in [2.05, 4.69) is 15.6 Å². The number of halogens is 4. The smallest absolute Gasteiger partial charge is 0.388 e. The van der Waals surface area contributed by atoms with Crippen LogP contribution in [0.3, 0.4) is 0 Å². The number of aliphatic hydroxyl groups is 1. The molecule has 0 spiro atoms. The molecule has 1 fully saturated rings. The minimum atomic E-state index is -4.80. The molecular formula is C16H16F4N4O2. The fraction of sp³-hybridized carbons (Fsp3) is 0.438. The monoisotopic (exact) mass is 372 g/mol. The van der Waals surface area contributed by atoms with Crippen LogP contribution in [0, 0.1) is 5.82 Å². The molecule has 1 aromatic heterocycles. The SMILES string of the molecule is O=C(NCC1(O)CCC1)c1cn(Cc2ccc(F)c(C(F)(F)F)c2)nn1. The summed E-state index contributed by atoms with van der Waals surface area (Å²) in [5.41, 5.74) is -2.10. The number of nitrogens with one attached hydrogen (secondary N) is 1. The second-order valence-corrected chi connectivity index (χ2v) is 6.37. The van der Waals surface area contributed by atoms with Gasteiger partial charge < -0.3 is 10.4 Å². The molecule has 0 unspecified atom stereocenters. The predicted molar refractivity (Wildman–Crippen MR) is 81.7 cm³/mol. The van der Waals surface area contributed by atoms with Crippen LogP contribution < -0.4 is 5.32 Å². The molecule has 1 heterocycles. The second-order valence-electron chi connectivity index (χ2n) is 6.37. The van der Waals surface area contributed by atoms with Crippen molar-refractivity contribution < 1.29 is 27.5 Å². The van der Waals surface area contributed by atoms with Crippen molar-refractivity contribution in [2.45, 2.75) is 37.6 Å². The normalized spacial score (nSPS) is 16.2. The Kier molecular flexibility index (Phi) is 4.70. The van der Waals surface area contributed by atoms with Gasteiger partial charge in [0.05, 0.1) is 23.9 Å². The van der Waals surface area contributed by atoms with Crippen molar-refractivity contribution >= 4 is 5.91 Å². The summed E-state index contributed by atoms with van der Waals surface area (Å²) in [5.74, 6) is -1.89. The van der Waals surface area contributed by atoms with Gasteiger partial charge in [-0.3, -0.25) is 4.79 Å². The number of carbonyl (C=O) groups is 1. The van der Waals surface area contributed by atoms with Gasteiger partial charge in [0.15, 0.2) is 5.69 Å². The Balaban J connectivity index is 1.66. The van der Waals surface area contributed by atoms with Gasteiger partial charge in [-0.05, 0) is 37.0 Å². The van der Waals surface area contributed by atoms with Crippen LogP contribution in [0.1, 0.15) is 40.9 Å². The maximum atomic E-state index is 13.3. The molecule has 0 aliphatic heterocycles. The zero-order valence-corrected chi connectivity index (χ0v) is 13.6. The lowest BCUT2D eigenvalue weighted by Crippen LogP contribution is -2.47. The highest BCUT2D eigenvalue weighted by Gasteiger charge is 2.35. The Labute approximate surface area is 145 Å². The van der Waals surface area contributed by atoms with Gasteiger partial charge in [-0.25, -0.2) is 9.07 Å². The standard InChI is InChI=1S/C16H16F4N4O2/c17-12-3-2-10(6-11(12)16(18,19)20)7-24-8-13(22-23-24)14(25)21-9-15(26)4-1-5-15/h2-3,6,8,26H,1,4-5,7,9H2,(H,21,25). The summed E-state index contributed by atoms with van der Waals surface area (Å²) in [4.78, 5) is 12.0. The zero-order valence-electron chi connectivity index (χ0n) is 13.6. The Bertz CT molecular complexity index is 815. The third kappa shape index (κ3) is 4.01. The van der Waals surface area contributed by atoms with E-state index >= 15 is 0 Å². The van der Waals surface area contributed by atoms with Crippen molar-refractivity contribution in [1.82, 2.24) is 20.3 Å². The highest BCUT2D eigenvalue weighted by molar-refractivity contribution is 5.91. The number of rotatable bonds is 5. The average Bonchev–Trinajstić information content (AvgIpc) is 3.00. The largest absolute Gasteiger partial charge is 0.419 e. The molecule has 0 saturated heterocycles. The van der Waals surface area contributed by atoms with Crippen molar-refractivity contribution in [3.8, 4) is 0 Å². The first-order valence-corrected chi connectivity index (χ1v) is 7.93. The Morgan fingerprint density at radius 3 is 2.69 bits per heavy atom. The van der Waals surface area contributed by atoms with Crippen LogP contribution in [0.4, 0.5) is 17.6 Å². The summed E-state index contributed by atoms with van der Waals surface area (Å²) in [6, 6.07) is 2.64. The van der Waals surface area contributed by atoms with E-state index in [1.54, 1.807) is 0 Å².